The summed E-state index contributed by atoms with van der Waals surface area (Å²) in [6.45, 7) is 4.68. The standard InChI is InChI=1S/C26H33ClN2O5/c1-31-15-12-28(13-16-32-2)14-17-34-25-19-23-21(18-24(25)33-3)10-11-29(23)26(30)9-8-20-6-4-5-7-22(20)27/h4-9,18-19H,10-17H2,1-3H3/b9-8+. The normalized spacial score (nSPS) is 13.0. The van der Waals surface area contributed by atoms with Gasteiger partial charge in [-0.15, -0.1) is 0 Å². The van der Waals surface area contributed by atoms with Crippen LogP contribution in [0.1, 0.15) is 11.1 Å². The van der Waals surface area contributed by atoms with E-state index in [1.807, 2.05) is 30.3 Å². The molecule has 2 aromatic rings. The van der Waals surface area contributed by atoms with E-state index < -0.39 is 0 Å². The van der Waals surface area contributed by atoms with Crippen molar-refractivity contribution < 1.29 is 23.7 Å². The Kier molecular flexibility index (Phi) is 10.2. The molecule has 0 fully saturated rings. The Morgan fingerprint density at radius 2 is 1.74 bits per heavy atom. The average molecular weight is 489 g/mol. The SMILES string of the molecule is COCCN(CCOC)CCOc1cc2c(cc1OC)CCN2C(=O)/C=C/c1ccccc1Cl. The number of rotatable bonds is 13. The van der Waals surface area contributed by atoms with Gasteiger partial charge < -0.3 is 23.8 Å². The number of benzene rings is 2. The van der Waals surface area contributed by atoms with Crippen LogP contribution in [0.5, 0.6) is 11.5 Å². The van der Waals surface area contributed by atoms with Crippen molar-refractivity contribution in [3.8, 4) is 11.5 Å². The van der Waals surface area contributed by atoms with Crippen molar-refractivity contribution in [1.29, 1.82) is 0 Å². The van der Waals surface area contributed by atoms with Crippen molar-refractivity contribution in [2.45, 2.75) is 6.42 Å². The molecule has 1 heterocycles. The molecule has 7 nitrogen and oxygen atoms in total. The largest absolute Gasteiger partial charge is 0.493 e. The third kappa shape index (κ3) is 6.96. The maximum atomic E-state index is 13.0. The van der Waals surface area contributed by atoms with Crippen molar-refractivity contribution in [2.24, 2.45) is 0 Å². The van der Waals surface area contributed by atoms with E-state index in [1.165, 1.54) is 0 Å². The number of carbonyl (C=O) groups is 1. The van der Waals surface area contributed by atoms with Gasteiger partial charge in [-0.3, -0.25) is 9.69 Å². The lowest BCUT2D eigenvalue weighted by Gasteiger charge is -2.22. The Morgan fingerprint density at radius 1 is 1.03 bits per heavy atom. The minimum Gasteiger partial charge on any atom is -0.493 e. The van der Waals surface area contributed by atoms with Gasteiger partial charge in [0.15, 0.2) is 11.5 Å². The van der Waals surface area contributed by atoms with Gasteiger partial charge in [0, 0.05) is 57.6 Å². The lowest BCUT2D eigenvalue weighted by atomic mass is 10.1. The number of methoxy groups -OCH3 is 3. The second-order valence-corrected chi connectivity index (χ2v) is 8.31. The molecule has 0 unspecified atom stereocenters. The third-order valence-electron chi connectivity index (χ3n) is 5.73. The second-order valence-electron chi connectivity index (χ2n) is 7.90. The first-order valence-corrected chi connectivity index (χ1v) is 11.7. The number of halogens is 1. The number of nitrogens with zero attached hydrogens (tertiary/aromatic N) is 2. The molecule has 2 aromatic carbocycles. The summed E-state index contributed by atoms with van der Waals surface area (Å²) in [6, 6.07) is 11.3. The first kappa shape index (κ1) is 26.0. The van der Waals surface area contributed by atoms with E-state index in [2.05, 4.69) is 4.90 Å². The molecule has 0 bridgehead atoms. The summed E-state index contributed by atoms with van der Waals surface area (Å²) in [7, 11) is 5.01. The molecule has 1 aliphatic rings. The maximum absolute atomic E-state index is 13.0. The molecule has 0 aromatic heterocycles. The van der Waals surface area contributed by atoms with Crippen LogP contribution in [0.15, 0.2) is 42.5 Å². The summed E-state index contributed by atoms with van der Waals surface area (Å²) < 4.78 is 22.1. The Morgan fingerprint density at radius 3 is 2.41 bits per heavy atom. The van der Waals surface area contributed by atoms with Crippen LogP contribution in [0, 0.1) is 0 Å². The van der Waals surface area contributed by atoms with Crippen molar-refractivity contribution in [1.82, 2.24) is 4.90 Å². The first-order chi connectivity index (χ1) is 16.6. The zero-order chi connectivity index (χ0) is 24.3. The topological polar surface area (TPSA) is 60.5 Å². The molecule has 1 aliphatic heterocycles. The summed E-state index contributed by atoms with van der Waals surface area (Å²) >= 11 is 6.21. The van der Waals surface area contributed by atoms with Crippen LogP contribution in [0.2, 0.25) is 5.02 Å². The highest BCUT2D eigenvalue weighted by molar-refractivity contribution is 6.32. The van der Waals surface area contributed by atoms with Gasteiger partial charge in [-0.25, -0.2) is 0 Å². The molecule has 0 N–H and O–H groups in total. The van der Waals surface area contributed by atoms with Gasteiger partial charge in [0.2, 0.25) is 0 Å². The summed E-state index contributed by atoms with van der Waals surface area (Å²) in [4.78, 5) is 16.9. The Bertz CT molecular complexity index is 974. The fourth-order valence-corrected chi connectivity index (χ4v) is 4.02. The van der Waals surface area contributed by atoms with Crippen LogP contribution >= 0.6 is 11.6 Å². The Balaban J connectivity index is 1.69. The average Bonchev–Trinajstić information content (AvgIpc) is 3.27. The summed E-state index contributed by atoms with van der Waals surface area (Å²) in [5.74, 6) is 1.19. The fraction of sp³-hybridized carbons (Fsp3) is 0.423. The number of anilines is 1. The highest BCUT2D eigenvalue weighted by Crippen LogP contribution is 2.39. The lowest BCUT2D eigenvalue weighted by Crippen LogP contribution is -2.34. The number of amides is 1. The second kappa shape index (κ2) is 13.3. The van der Waals surface area contributed by atoms with Gasteiger partial charge in [0.1, 0.15) is 6.61 Å². The van der Waals surface area contributed by atoms with Crippen molar-refractivity contribution in [2.75, 3.05) is 72.2 Å². The van der Waals surface area contributed by atoms with E-state index in [4.69, 9.17) is 30.5 Å². The molecule has 8 heteroatoms. The summed E-state index contributed by atoms with van der Waals surface area (Å²) in [6.07, 6.45) is 4.07. The molecule has 0 saturated carbocycles. The van der Waals surface area contributed by atoms with Crippen LogP contribution in [-0.4, -0.2) is 78.1 Å². The van der Waals surface area contributed by atoms with E-state index in [0.29, 0.717) is 42.9 Å². The molecule has 0 atom stereocenters. The van der Waals surface area contributed by atoms with Crippen molar-refractivity contribution in [3.63, 3.8) is 0 Å². The van der Waals surface area contributed by atoms with Gasteiger partial charge in [-0.1, -0.05) is 29.8 Å². The van der Waals surface area contributed by atoms with Gasteiger partial charge in [-0.05, 0) is 35.8 Å². The van der Waals surface area contributed by atoms with Crippen LogP contribution in [0.3, 0.4) is 0 Å². The lowest BCUT2D eigenvalue weighted by molar-refractivity contribution is -0.114. The monoisotopic (exact) mass is 488 g/mol. The highest BCUT2D eigenvalue weighted by atomic mass is 35.5. The van der Waals surface area contributed by atoms with Crippen LogP contribution < -0.4 is 14.4 Å². The minimum absolute atomic E-state index is 0.0971. The number of fused-ring (bicyclic) bond motifs is 1. The number of hydrogen-bond donors (Lipinski definition) is 0. The zero-order valence-corrected chi connectivity index (χ0v) is 20.8. The predicted molar refractivity (Wildman–Crippen MR) is 135 cm³/mol. The number of carbonyl (C=O) groups excluding carboxylic acids is 1. The molecule has 0 saturated heterocycles. The fourth-order valence-electron chi connectivity index (χ4n) is 3.82. The molecule has 34 heavy (non-hydrogen) atoms. The summed E-state index contributed by atoms with van der Waals surface area (Å²) in [5.41, 5.74) is 2.72. The summed E-state index contributed by atoms with van der Waals surface area (Å²) in [5, 5.41) is 0.610. The molecule has 0 aliphatic carbocycles. The maximum Gasteiger partial charge on any atom is 0.251 e. The number of ether oxygens (including phenoxy) is 4. The predicted octanol–water partition coefficient (Wildman–Crippen LogP) is 3.92. The molecule has 1 amide bonds. The van der Waals surface area contributed by atoms with E-state index in [9.17, 15) is 4.79 Å². The van der Waals surface area contributed by atoms with Gasteiger partial charge in [-0.2, -0.15) is 0 Å². The van der Waals surface area contributed by atoms with E-state index in [1.54, 1.807) is 44.4 Å². The molecule has 0 spiro atoms. The molecule has 3 rings (SSSR count). The quantitative estimate of drug-likeness (QED) is 0.398. The number of hydrogen-bond acceptors (Lipinski definition) is 6. The molecule has 0 radical (unpaired) electrons. The first-order valence-electron chi connectivity index (χ1n) is 11.4. The van der Waals surface area contributed by atoms with Gasteiger partial charge in [0.25, 0.3) is 5.91 Å². The highest BCUT2D eigenvalue weighted by Gasteiger charge is 2.26. The minimum atomic E-state index is -0.0971. The van der Waals surface area contributed by atoms with E-state index in [-0.39, 0.29) is 5.91 Å². The molecular formula is C26H33ClN2O5. The smallest absolute Gasteiger partial charge is 0.251 e. The van der Waals surface area contributed by atoms with Gasteiger partial charge >= 0.3 is 0 Å². The molecule has 184 valence electrons. The zero-order valence-electron chi connectivity index (χ0n) is 20.1. The molecular weight excluding hydrogens is 456 g/mol. The van der Waals surface area contributed by atoms with Crippen LogP contribution in [0.25, 0.3) is 6.08 Å². The Labute approximate surface area is 206 Å². The third-order valence-corrected chi connectivity index (χ3v) is 6.07. The van der Waals surface area contributed by atoms with Crippen LogP contribution in [0.4, 0.5) is 5.69 Å². The van der Waals surface area contributed by atoms with E-state index in [0.717, 1.165) is 42.9 Å². The van der Waals surface area contributed by atoms with Crippen molar-refractivity contribution >= 4 is 29.3 Å². The van der Waals surface area contributed by atoms with Gasteiger partial charge in [0.05, 0.1) is 26.0 Å². The van der Waals surface area contributed by atoms with Crippen molar-refractivity contribution in [3.05, 3.63) is 58.6 Å². The van der Waals surface area contributed by atoms with E-state index >= 15 is 0 Å². The Hall–Kier alpha value is -2.58. The van der Waals surface area contributed by atoms with Crippen LogP contribution in [-0.2, 0) is 20.7 Å².